The second kappa shape index (κ2) is 22.3. The molecule has 0 aliphatic rings. The first kappa shape index (κ1) is 23.3. The van der Waals surface area contributed by atoms with Crippen LogP contribution in [0.15, 0.2) is 0 Å². The van der Waals surface area contributed by atoms with Gasteiger partial charge in [-0.15, -0.1) is 11.6 Å². The Bertz CT molecular complexity index is 134. The van der Waals surface area contributed by atoms with Crippen LogP contribution in [0.3, 0.4) is 0 Å². The molecule has 120 valence electrons. The van der Waals surface area contributed by atoms with Crippen molar-refractivity contribution >= 4 is 34.7 Å². The second-order valence-corrected chi connectivity index (χ2v) is 6.37. The summed E-state index contributed by atoms with van der Waals surface area (Å²) in [5, 5.41) is 0. The van der Waals surface area contributed by atoms with Crippen molar-refractivity contribution in [2.45, 2.75) is 110 Å². The molecule has 20 heavy (non-hydrogen) atoms. The monoisotopic (exact) mass is 314 g/mol. The number of halogens is 1. The van der Waals surface area contributed by atoms with Crippen molar-refractivity contribution in [3.8, 4) is 0 Å². The lowest BCUT2D eigenvalue weighted by Crippen LogP contribution is -1.83. The van der Waals surface area contributed by atoms with E-state index in [1.807, 2.05) is 0 Å². The fraction of sp³-hybridized carbons (Fsp3) is 1.00. The molecule has 0 aliphatic heterocycles. The van der Waals surface area contributed by atoms with E-state index in [1.54, 1.807) is 0 Å². The van der Waals surface area contributed by atoms with Crippen molar-refractivity contribution in [2.24, 2.45) is 0 Å². The van der Waals surface area contributed by atoms with Crippen LogP contribution in [0, 0.1) is 0 Å². The van der Waals surface area contributed by atoms with Crippen molar-refractivity contribution in [1.82, 2.24) is 0 Å². The molecule has 0 unspecified atom stereocenters. The Kier molecular flexibility index (Phi) is 26.1. The molecule has 0 saturated heterocycles. The number of unbranched alkanes of at least 4 members (excludes halogenated alkanes) is 15. The summed E-state index contributed by atoms with van der Waals surface area (Å²) in [5.74, 6) is 0.846. The van der Waals surface area contributed by atoms with Crippen molar-refractivity contribution in [1.29, 1.82) is 0 Å². The van der Waals surface area contributed by atoms with Crippen LogP contribution in [-0.4, -0.2) is 28.9 Å². The predicted molar refractivity (Wildman–Crippen MR) is 98.8 cm³/mol. The highest BCUT2D eigenvalue weighted by Gasteiger charge is 1.94. The van der Waals surface area contributed by atoms with Gasteiger partial charge in [0.05, 0.1) is 0 Å². The second-order valence-electron chi connectivity index (χ2n) is 5.99. The van der Waals surface area contributed by atoms with E-state index in [4.69, 9.17) is 11.6 Å². The highest BCUT2D eigenvalue weighted by molar-refractivity contribution is 6.17. The average Bonchev–Trinajstić information content (AvgIpc) is 2.43. The molecule has 0 bridgehead atoms. The molecule has 0 nitrogen and oxygen atoms in total. The zero-order chi connectivity index (χ0) is 14.0. The lowest BCUT2D eigenvalue weighted by Gasteiger charge is -2.03. The standard InChI is InChI=1S/C18H37Cl.Mg.2H/c1-2-3-4-5-6-7-8-9-10-11-12-13-14-15-16-17-18-19;;;/h2-18H2,1H3;;;. The van der Waals surface area contributed by atoms with Crippen LogP contribution < -0.4 is 0 Å². The Balaban J connectivity index is 0. The molecule has 0 spiro atoms. The highest BCUT2D eigenvalue weighted by atomic mass is 35.5. The van der Waals surface area contributed by atoms with E-state index in [1.165, 1.54) is 103 Å². The maximum Gasteiger partial charge on any atom is 0.316 e. The molecule has 0 N–H and O–H groups in total. The van der Waals surface area contributed by atoms with Gasteiger partial charge < -0.3 is 0 Å². The third-order valence-electron chi connectivity index (χ3n) is 3.99. The van der Waals surface area contributed by atoms with E-state index in [0.717, 1.165) is 5.88 Å². The molecule has 0 saturated carbocycles. The molecule has 2 heteroatoms. The van der Waals surface area contributed by atoms with Crippen LogP contribution in [-0.2, 0) is 0 Å². The molecule has 0 aliphatic carbocycles. The molecule has 0 aromatic heterocycles. The van der Waals surface area contributed by atoms with Gasteiger partial charge in [-0.1, -0.05) is 103 Å². The lowest BCUT2D eigenvalue weighted by atomic mass is 10.0. The first-order chi connectivity index (χ1) is 9.41. The maximum atomic E-state index is 5.66. The fourth-order valence-electron chi connectivity index (χ4n) is 2.64. The number of rotatable bonds is 16. The first-order valence-electron chi connectivity index (χ1n) is 8.97. The topological polar surface area (TPSA) is 0 Å². The molecule has 0 aromatic carbocycles. The fourth-order valence-corrected chi connectivity index (χ4v) is 2.83. The normalized spacial score (nSPS) is 10.5. The average molecular weight is 315 g/mol. The van der Waals surface area contributed by atoms with Crippen LogP contribution in [0.5, 0.6) is 0 Å². The number of hydrogen-bond acceptors (Lipinski definition) is 0. The molecular formula is C18H39ClMg. The lowest BCUT2D eigenvalue weighted by molar-refractivity contribution is 0.531. The zero-order valence-electron chi connectivity index (χ0n) is 13.4. The summed E-state index contributed by atoms with van der Waals surface area (Å²) >= 11 is 5.66. The Hall–Kier alpha value is 1.06. The molecule has 0 fully saturated rings. The van der Waals surface area contributed by atoms with Gasteiger partial charge >= 0.3 is 23.1 Å². The smallest absolute Gasteiger partial charge is 0.127 e. The van der Waals surface area contributed by atoms with Crippen molar-refractivity contribution < 1.29 is 0 Å². The molecule has 0 amide bonds. The van der Waals surface area contributed by atoms with Crippen molar-refractivity contribution in [3.05, 3.63) is 0 Å². The van der Waals surface area contributed by atoms with Crippen LogP contribution in [0.1, 0.15) is 110 Å². The first-order valence-corrected chi connectivity index (χ1v) is 9.51. The molecule has 0 atom stereocenters. The summed E-state index contributed by atoms with van der Waals surface area (Å²) in [5.41, 5.74) is 0. The van der Waals surface area contributed by atoms with Gasteiger partial charge in [-0.2, -0.15) is 0 Å². The molecule has 0 aromatic rings. The molecule has 0 radical (unpaired) electrons. The Morgan fingerprint density at radius 2 is 0.700 bits per heavy atom. The van der Waals surface area contributed by atoms with Gasteiger partial charge in [0.15, 0.2) is 0 Å². The van der Waals surface area contributed by atoms with E-state index in [0.29, 0.717) is 0 Å². The largest absolute Gasteiger partial charge is 0.316 e. The van der Waals surface area contributed by atoms with Gasteiger partial charge in [0.2, 0.25) is 0 Å². The van der Waals surface area contributed by atoms with Crippen LogP contribution in [0.25, 0.3) is 0 Å². The third-order valence-corrected chi connectivity index (χ3v) is 4.25. The predicted octanol–water partition coefficient (Wildman–Crippen LogP) is 6.57. The minimum atomic E-state index is 0. The summed E-state index contributed by atoms with van der Waals surface area (Å²) in [6.45, 7) is 2.29. The summed E-state index contributed by atoms with van der Waals surface area (Å²) in [7, 11) is 0. The SMILES string of the molecule is CCCCCCCCCCCCCCCCCCCl.[MgH2]. The van der Waals surface area contributed by atoms with E-state index >= 15 is 0 Å². The summed E-state index contributed by atoms with van der Waals surface area (Å²) in [6.07, 6.45) is 22.8. The Morgan fingerprint density at radius 1 is 0.450 bits per heavy atom. The third kappa shape index (κ3) is 21.4. The van der Waals surface area contributed by atoms with Crippen LogP contribution in [0.4, 0.5) is 0 Å². The number of hydrogen-bond donors (Lipinski definition) is 0. The van der Waals surface area contributed by atoms with Gasteiger partial charge in [-0.3, -0.25) is 0 Å². The van der Waals surface area contributed by atoms with E-state index < -0.39 is 0 Å². The minimum absolute atomic E-state index is 0. The summed E-state index contributed by atoms with van der Waals surface area (Å²) < 4.78 is 0. The minimum Gasteiger partial charge on any atom is -0.127 e. The van der Waals surface area contributed by atoms with Gasteiger partial charge in [0.25, 0.3) is 0 Å². The summed E-state index contributed by atoms with van der Waals surface area (Å²) in [4.78, 5) is 0. The van der Waals surface area contributed by atoms with Gasteiger partial charge in [0, 0.05) is 5.88 Å². The number of alkyl halides is 1. The van der Waals surface area contributed by atoms with Gasteiger partial charge in [-0.25, -0.2) is 0 Å². The van der Waals surface area contributed by atoms with Gasteiger partial charge in [-0.05, 0) is 6.42 Å². The molecular weight excluding hydrogens is 276 g/mol. The van der Waals surface area contributed by atoms with E-state index in [-0.39, 0.29) is 23.1 Å². The highest BCUT2D eigenvalue weighted by Crippen LogP contribution is 2.13. The van der Waals surface area contributed by atoms with Crippen molar-refractivity contribution in [2.75, 3.05) is 5.88 Å². The van der Waals surface area contributed by atoms with E-state index in [9.17, 15) is 0 Å². The zero-order valence-corrected chi connectivity index (χ0v) is 14.2. The quantitative estimate of drug-likeness (QED) is 0.172. The van der Waals surface area contributed by atoms with Gasteiger partial charge in [0.1, 0.15) is 0 Å². The Morgan fingerprint density at radius 3 is 0.950 bits per heavy atom. The maximum absolute atomic E-state index is 5.66. The molecule has 0 heterocycles. The van der Waals surface area contributed by atoms with Crippen LogP contribution in [0.2, 0.25) is 0 Å². The van der Waals surface area contributed by atoms with E-state index in [2.05, 4.69) is 6.92 Å². The van der Waals surface area contributed by atoms with Crippen LogP contribution >= 0.6 is 11.6 Å². The van der Waals surface area contributed by atoms with Crippen molar-refractivity contribution in [3.63, 3.8) is 0 Å². The Labute approximate surface area is 150 Å². The summed E-state index contributed by atoms with van der Waals surface area (Å²) in [6, 6.07) is 0. The molecule has 0 rings (SSSR count).